The van der Waals surface area contributed by atoms with E-state index in [1.54, 1.807) is 43.5 Å². The van der Waals surface area contributed by atoms with Gasteiger partial charge in [0.25, 0.3) is 5.91 Å². The Hall–Kier alpha value is -2.60. The summed E-state index contributed by atoms with van der Waals surface area (Å²) >= 11 is 1.57. The molecule has 0 aliphatic heterocycles. The van der Waals surface area contributed by atoms with Crippen molar-refractivity contribution in [2.45, 2.75) is 6.92 Å². The highest BCUT2D eigenvalue weighted by molar-refractivity contribution is 7.10. The minimum Gasteiger partial charge on any atom is -0.408 e. The Labute approximate surface area is 130 Å². The Balaban J connectivity index is 1.85. The molecular formula is C16H14N2O3S. The summed E-state index contributed by atoms with van der Waals surface area (Å²) in [4.78, 5) is 24.7. The Kier molecular flexibility index (Phi) is 3.68. The number of fused-ring (bicyclic) bond motifs is 1. The number of thiophene rings is 1. The van der Waals surface area contributed by atoms with Gasteiger partial charge in [0.2, 0.25) is 0 Å². The fourth-order valence-electron chi connectivity index (χ4n) is 2.09. The predicted octanol–water partition coefficient (Wildman–Crippen LogP) is 3.24. The normalized spacial score (nSPS) is 11.8. The van der Waals surface area contributed by atoms with Gasteiger partial charge in [-0.05, 0) is 42.6 Å². The van der Waals surface area contributed by atoms with Crippen LogP contribution in [-0.4, -0.2) is 10.5 Å². The molecule has 1 amide bonds. The van der Waals surface area contributed by atoms with E-state index < -0.39 is 5.76 Å². The highest BCUT2D eigenvalue weighted by Crippen LogP contribution is 2.19. The van der Waals surface area contributed by atoms with Crippen molar-refractivity contribution in [1.29, 1.82) is 0 Å². The van der Waals surface area contributed by atoms with Crippen LogP contribution in [-0.2, 0) is 11.8 Å². The Morgan fingerprint density at radius 2 is 2.18 bits per heavy atom. The highest BCUT2D eigenvalue weighted by atomic mass is 32.1. The fraction of sp³-hybridized carbons (Fsp3) is 0.125. The minimum atomic E-state index is -0.424. The van der Waals surface area contributed by atoms with Gasteiger partial charge >= 0.3 is 5.76 Å². The Morgan fingerprint density at radius 1 is 1.36 bits per heavy atom. The molecular weight excluding hydrogens is 300 g/mol. The number of anilines is 1. The Morgan fingerprint density at radius 3 is 2.91 bits per heavy atom. The molecule has 1 N–H and O–H groups in total. The molecule has 2 heterocycles. The first-order valence-corrected chi connectivity index (χ1v) is 7.55. The van der Waals surface area contributed by atoms with Gasteiger partial charge in [0.15, 0.2) is 5.58 Å². The molecule has 0 spiro atoms. The van der Waals surface area contributed by atoms with Gasteiger partial charge in [-0.2, -0.15) is 0 Å². The maximum Gasteiger partial charge on any atom is 0.419 e. The van der Waals surface area contributed by atoms with Crippen LogP contribution < -0.4 is 11.1 Å². The third-order valence-electron chi connectivity index (χ3n) is 3.31. The molecule has 0 unspecified atom stereocenters. The summed E-state index contributed by atoms with van der Waals surface area (Å²) in [6.07, 6.45) is 1.84. The number of nitrogens with zero attached hydrogens (tertiary/aromatic N) is 1. The molecule has 0 aliphatic rings. The molecule has 22 heavy (non-hydrogen) atoms. The van der Waals surface area contributed by atoms with Gasteiger partial charge < -0.3 is 9.73 Å². The minimum absolute atomic E-state index is 0.179. The average molecular weight is 314 g/mol. The van der Waals surface area contributed by atoms with Crippen molar-refractivity contribution in [3.05, 3.63) is 56.7 Å². The van der Waals surface area contributed by atoms with Gasteiger partial charge in [0.05, 0.1) is 5.52 Å². The average Bonchev–Trinajstić information content (AvgIpc) is 3.09. The second-order valence-electron chi connectivity index (χ2n) is 4.91. The largest absolute Gasteiger partial charge is 0.419 e. The number of carbonyl (C=O) groups excluding carboxylic acids is 1. The van der Waals surface area contributed by atoms with Crippen molar-refractivity contribution in [2.24, 2.45) is 7.05 Å². The quantitative estimate of drug-likeness (QED) is 0.755. The first-order chi connectivity index (χ1) is 10.5. The number of hydrogen-bond donors (Lipinski definition) is 1. The van der Waals surface area contributed by atoms with Gasteiger partial charge in [-0.3, -0.25) is 9.36 Å². The van der Waals surface area contributed by atoms with Crippen molar-refractivity contribution in [3.63, 3.8) is 0 Å². The van der Waals surface area contributed by atoms with E-state index in [9.17, 15) is 9.59 Å². The number of oxazole rings is 1. The maximum atomic E-state index is 12.2. The summed E-state index contributed by atoms with van der Waals surface area (Å²) < 4.78 is 6.46. The molecule has 1 aromatic carbocycles. The summed E-state index contributed by atoms with van der Waals surface area (Å²) in [7, 11) is 1.63. The van der Waals surface area contributed by atoms with Crippen LogP contribution in [0.4, 0.5) is 5.69 Å². The number of rotatable bonds is 3. The second-order valence-corrected chi connectivity index (χ2v) is 5.89. The van der Waals surface area contributed by atoms with Crippen LogP contribution in [0.5, 0.6) is 0 Å². The van der Waals surface area contributed by atoms with E-state index in [4.69, 9.17) is 4.42 Å². The molecule has 0 saturated heterocycles. The van der Waals surface area contributed by atoms with E-state index in [0.29, 0.717) is 22.4 Å². The highest BCUT2D eigenvalue weighted by Gasteiger charge is 2.09. The number of aromatic nitrogens is 1. The van der Waals surface area contributed by atoms with Crippen molar-refractivity contribution in [1.82, 2.24) is 4.57 Å². The number of amides is 1. The van der Waals surface area contributed by atoms with E-state index in [2.05, 4.69) is 5.32 Å². The standard InChI is InChI=1S/C16H14N2O3S/c1-10(8-12-4-3-7-22-12)15(19)17-11-5-6-14-13(9-11)18(2)16(20)21-14/h3-9H,1-2H3,(H,17,19)/b10-8+. The molecule has 112 valence electrons. The summed E-state index contributed by atoms with van der Waals surface area (Å²) in [6.45, 7) is 1.77. The number of nitrogens with one attached hydrogen (secondary N) is 1. The van der Waals surface area contributed by atoms with Crippen molar-refractivity contribution in [3.8, 4) is 0 Å². The van der Waals surface area contributed by atoms with Crippen molar-refractivity contribution >= 4 is 40.1 Å². The number of aryl methyl sites for hydroxylation is 1. The SMILES string of the molecule is C/C(=C\c1cccs1)C(=O)Nc1ccc2oc(=O)n(C)c2c1. The molecule has 3 rings (SSSR count). The summed E-state index contributed by atoms with van der Waals surface area (Å²) in [5.74, 6) is -0.603. The zero-order valence-electron chi connectivity index (χ0n) is 12.1. The first-order valence-electron chi connectivity index (χ1n) is 6.67. The van der Waals surface area contributed by atoms with Crippen molar-refractivity contribution in [2.75, 3.05) is 5.32 Å². The van der Waals surface area contributed by atoms with Crippen molar-refractivity contribution < 1.29 is 9.21 Å². The van der Waals surface area contributed by atoms with Crippen LogP contribution in [0.3, 0.4) is 0 Å². The van der Waals surface area contributed by atoms with Crippen LogP contribution >= 0.6 is 11.3 Å². The molecule has 0 bridgehead atoms. The lowest BCUT2D eigenvalue weighted by Gasteiger charge is -2.05. The van der Waals surface area contributed by atoms with Crippen LogP contribution in [0.2, 0.25) is 0 Å². The molecule has 0 aliphatic carbocycles. The predicted molar refractivity (Wildman–Crippen MR) is 88.1 cm³/mol. The molecule has 0 radical (unpaired) electrons. The van der Waals surface area contributed by atoms with Gasteiger partial charge in [-0.1, -0.05) is 6.07 Å². The van der Waals surface area contributed by atoms with Gasteiger partial charge in [0.1, 0.15) is 0 Å². The van der Waals surface area contributed by atoms with Crippen LogP contribution in [0.1, 0.15) is 11.8 Å². The summed E-state index contributed by atoms with van der Waals surface area (Å²) in [5, 5.41) is 4.79. The molecule has 3 aromatic rings. The second kappa shape index (κ2) is 5.65. The van der Waals surface area contributed by atoms with Crippen LogP contribution in [0.25, 0.3) is 17.2 Å². The third kappa shape index (κ3) is 2.73. The Bertz CT molecular complexity index is 917. The molecule has 0 atom stereocenters. The van der Waals surface area contributed by atoms with Gasteiger partial charge in [0, 0.05) is 23.2 Å². The zero-order chi connectivity index (χ0) is 15.7. The zero-order valence-corrected chi connectivity index (χ0v) is 12.9. The lowest BCUT2D eigenvalue weighted by Crippen LogP contribution is -2.12. The monoisotopic (exact) mass is 314 g/mol. The maximum absolute atomic E-state index is 12.2. The van der Waals surface area contributed by atoms with E-state index in [0.717, 1.165) is 4.88 Å². The number of benzene rings is 1. The van der Waals surface area contributed by atoms with E-state index in [1.165, 1.54) is 4.57 Å². The van der Waals surface area contributed by atoms with Crippen LogP contribution in [0.15, 0.2) is 50.5 Å². The smallest absolute Gasteiger partial charge is 0.408 e. The van der Waals surface area contributed by atoms with E-state index in [-0.39, 0.29) is 5.91 Å². The molecule has 6 heteroatoms. The molecule has 0 saturated carbocycles. The van der Waals surface area contributed by atoms with E-state index in [1.807, 2.05) is 23.6 Å². The molecule has 0 fully saturated rings. The molecule has 5 nitrogen and oxygen atoms in total. The topological polar surface area (TPSA) is 64.2 Å². The number of hydrogen-bond acceptors (Lipinski definition) is 4. The number of carbonyl (C=O) groups is 1. The summed E-state index contributed by atoms with van der Waals surface area (Å²) in [5.41, 5.74) is 2.37. The van der Waals surface area contributed by atoms with E-state index >= 15 is 0 Å². The van der Waals surface area contributed by atoms with Gasteiger partial charge in [-0.15, -0.1) is 11.3 Å². The lowest BCUT2D eigenvalue weighted by molar-refractivity contribution is -0.112. The third-order valence-corrected chi connectivity index (χ3v) is 4.13. The fourth-order valence-corrected chi connectivity index (χ4v) is 2.80. The molecule has 2 aromatic heterocycles. The van der Waals surface area contributed by atoms with Crippen LogP contribution in [0, 0.1) is 0 Å². The first kappa shape index (κ1) is 14.3. The van der Waals surface area contributed by atoms with Gasteiger partial charge in [-0.25, -0.2) is 4.79 Å². The summed E-state index contributed by atoms with van der Waals surface area (Å²) in [6, 6.07) is 8.99. The lowest BCUT2D eigenvalue weighted by atomic mass is 10.2.